The molecule has 0 N–H and O–H groups in total. The zero-order valence-corrected chi connectivity index (χ0v) is 15.0. The van der Waals surface area contributed by atoms with Crippen LogP contribution in [0.25, 0.3) is 0 Å². The second-order valence-corrected chi connectivity index (χ2v) is 7.49. The van der Waals surface area contributed by atoms with E-state index in [4.69, 9.17) is 4.74 Å². The first-order chi connectivity index (χ1) is 12.2. The number of morpholine rings is 1. The number of aromatic nitrogens is 2. The molecule has 25 heavy (non-hydrogen) atoms. The van der Waals surface area contributed by atoms with Crippen LogP contribution in [0.3, 0.4) is 0 Å². The fourth-order valence-electron chi connectivity index (χ4n) is 3.67. The monoisotopic (exact) mass is 358 g/mol. The van der Waals surface area contributed by atoms with Gasteiger partial charge in [-0.1, -0.05) is 6.07 Å². The standard InChI is InChI=1S/C18H22N4O2S/c23-17(16-12-25-14-20-16)22-8-9-24-18(13-22)3-6-21(7-4-18)11-15-2-1-5-19-10-15/h1-2,5,10,12,14H,3-4,6-9,11,13H2. The van der Waals surface area contributed by atoms with Crippen molar-refractivity contribution in [2.24, 2.45) is 0 Å². The number of piperidine rings is 1. The predicted octanol–water partition coefficient (Wildman–Crippen LogP) is 2.05. The third kappa shape index (κ3) is 3.73. The summed E-state index contributed by atoms with van der Waals surface area (Å²) < 4.78 is 6.15. The third-order valence-corrected chi connectivity index (χ3v) is 5.67. The summed E-state index contributed by atoms with van der Waals surface area (Å²) in [5.41, 5.74) is 3.30. The Morgan fingerprint density at radius 2 is 2.20 bits per heavy atom. The molecule has 0 aliphatic carbocycles. The van der Waals surface area contributed by atoms with Gasteiger partial charge in [0.2, 0.25) is 0 Å². The lowest BCUT2D eigenvalue weighted by molar-refractivity contribution is -0.128. The van der Waals surface area contributed by atoms with Crippen LogP contribution in [0.15, 0.2) is 35.4 Å². The molecule has 0 unspecified atom stereocenters. The number of thiazole rings is 1. The normalized spacial score (nSPS) is 20.7. The molecule has 0 aromatic carbocycles. The maximum Gasteiger partial charge on any atom is 0.273 e. The summed E-state index contributed by atoms with van der Waals surface area (Å²) in [6.45, 7) is 4.81. The Bertz CT molecular complexity index is 699. The van der Waals surface area contributed by atoms with E-state index in [0.29, 0.717) is 25.4 Å². The number of hydrogen-bond donors (Lipinski definition) is 0. The van der Waals surface area contributed by atoms with E-state index in [1.54, 1.807) is 11.7 Å². The fourth-order valence-corrected chi connectivity index (χ4v) is 4.20. The molecule has 2 saturated heterocycles. The molecule has 2 aliphatic rings. The molecular formula is C18H22N4O2S. The van der Waals surface area contributed by atoms with E-state index >= 15 is 0 Å². The predicted molar refractivity (Wildman–Crippen MR) is 95.4 cm³/mol. The summed E-state index contributed by atoms with van der Waals surface area (Å²) >= 11 is 1.46. The van der Waals surface area contributed by atoms with Crippen LogP contribution in [0.2, 0.25) is 0 Å². The van der Waals surface area contributed by atoms with Crippen molar-refractivity contribution >= 4 is 17.2 Å². The molecule has 0 atom stereocenters. The van der Waals surface area contributed by atoms with Crippen molar-refractivity contribution in [3.8, 4) is 0 Å². The van der Waals surface area contributed by atoms with Crippen LogP contribution in [0.4, 0.5) is 0 Å². The molecule has 4 heterocycles. The van der Waals surface area contributed by atoms with Gasteiger partial charge in [0.15, 0.2) is 0 Å². The maximum absolute atomic E-state index is 12.6. The Morgan fingerprint density at radius 3 is 2.92 bits per heavy atom. The Balaban J connectivity index is 1.36. The Kier molecular flexibility index (Phi) is 4.78. The molecule has 2 aromatic rings. The van der Waals surface area contributed by atoms with E-state index in [1.165, 1.54) is 16.9 Å². The summed E-state index contributed by atoms with van der Waals surface area (Å²) in [6, 6.07) is 4.09. The summed E-state index contributed by atoms with van der Waals surface area (Å²) in [7, 11) is 0. The average molecular weight is 358 g/mol. The van der Waals surface area contributed by atoms with Gasteiger partial charge in [0.05, 0.1) is 24.3 Å². The molecule has 1 spiro atoms. The van der Waals surface area contributed by atoms with Crippen molar-refractivity contribution < 1.29 is 9.53 Å². The van der Waals surface area contributed by atoms with E-state index in [-0.39, 0.29) is 11.5 Å². The van der Waals surface area contributed by atoms with E-state index in [2.05, 4.69) is 20.9 Å². The zero-order chi connectivity index (χ0) is 17.1. The molecule has 4 rings (SSSR count). The van der Waals surface area contributed by atoms with Crippen LogP contribution >= 0.6 is 11.3 Å². The molecule has 1 amide bonds. The van der Waals surface area contributed by atoms with Gasteiger partial charge in [-0.05, 0) is 24.5 Å². The number of carbonyl (C=O) groups excluding carboxylic acids is 1. The lowest BCUT2D eigenvalue weighted by Gasteiger charge is -2.47. The minimum Gasteiger partial charge on any atom is -0.371 e. The maximum atomic E-state index is 12.6. The lowest BCUT2D eigenvalue weighted by atomic mass is 9.89. The molecule has 0 saturated carbocycles. The molecule has 6 nitrogen and oxygen atoms in total. The van der Waals surface area contributed by atoms with Crippen molar-refractivity contribution in [1.29, 1.82) is 0 Å². The van der Waals surface area contributed by atoms with Gasteiger partial charge in [0, 0.05) is 44.0 Å². The number of likely N-dealkylation sites (tertiary alicyclic amines) is 1. The van der Waals surface area contributed by atoms with Gasteiger partial charge in [0.1, 0.15) is 5.69 Å². The van der Waals surface area contributed by atoms with E-state index in [1.807, 2.05) is 22.5 Å². The van der Waals surface area contributed by atoms with E-state index in [9.17, 15) is 4.79 Å². The zero-order valence-electron chi connectivity index (χ0n) is 14.1. The van der Waals surface area contributed by atoms with Crippen molar-refractivity contribution in [2.75, 3.05) is 32.8 Å². The second kappa shape index (κ2) is 7.19. The number of rotatable bonds is 3. The molecule has 0 bridgehead atoms. The van der Waals surface area contributed by atoms with Crippen LogP contribution in [0, 0.1) is 0 Å². The number of nitrogens with zero attached hydrogens (tertiary/aromatic N) is 4. The lowest BCUT2D eigenvalue weighted by Crippen LogP contribution is -2.57. The van der Waals surface area contributed by atoms with Crippen molar-refractivity contribution in [1.82, 2.24) is 19.8 Å². The summed E-state index contributed by atoms with van der Waals surface area (Å²) in [4.78, 5) is 25.3. The second-order valence-electron chi connectivity index (χ2n) is 6.77. The smallest absolute Gasteiger partial charge is 0.273 e. The highest BCUT2D eigenvalue weighted by atomic mass is 32.1. The first kappa shape index (κ1) is 16.6. The number of hydrogen-bond acceptors (Lipinski definition) is 6. The first-order valence-corrected chi connectivity index (χ1v) is 9.61. The quantitative estimate of drug-likeness (QED) is 0.840. The van der Waals surface area contributed by atoms with Gasteiger partial charge >= 0.3 is 0 Å². The summed E-state index contributed by atoms with van der Waals surface area (Å²) in [5, 5.41) is 1.82. The topological polar surface area (TPSA) is 58.6 Å². The van der Waals surface area contributed by atoms with E-state index in [0.717, 1.165) is 32.5 Å². The number of ether oxygens (including phenoxy) is 1. The van der Waals surface area contributed by atoms with Gasteiger partial charge < -0.3 is 9.64 Å². The molecule has 2 fully saturated rings. The Labute approximate surface area is 151 Å². The van der Waals surface area contributed by atoms with Crippen LogP contribution in [0.1, 0.15) is 28.9 Å². The summed E-state index contributed by atoms with van der Waals surface area (Å²) in [6.07, 6.45) is 5.64. The minimum absolute atomic E-state index is 0.0294. The molecular weight excluding hydrogens is 336 g/mol. The van der Waals surface area contributed by atoms with Crippen molar-refractivity contribution in [2.45, 2.75) is 25.0 Å². The van der Waals surface area contributed by atoms with Crippen LogP contribution in [-0.4, -0.2) is 64.1 Å². The van der Waals surface area contributed by atoms with Gasteiger partial charge in [-0.15, -0.1) is 11.3 Å². The SMILES string of the molecule is O=C(c1cscn1)N1CCOC2(CCN(Cc3cccnc3)CC2)C1. The molecule has 132 valence electrons. The largest absolute Gasteiger partial charge is 0.371 e. The van der Waals surface area contributed by atoms with Crippen molar-refractivity contribution in [3.63, 3.8) is 0 Å². The highest BCUT2D eigenvalue weighted by Gasteiger charge is 2.41. The first-order valence-electron chi connectivity index (χ1n) is 8.67. The van der Waals surface area contributed by atoms with Crippen molar-refractivity contribution in [3.05, 3.63) is 46.7 Å². The molecule has 0 radical (unpaired) electrons. The number of amides is 1. The van der Waals surface area contributed by atoms with E-state index < -0.39 is 0 Å². The van der Waals surface area contributed by atoms with Gasteiger partial charge in [-0.3, -0.25) is 14.7 Å². The Morgan fingerprint density at radius 1 is 1.32 bits per heavy atom. The third-order valence-electron chi connectivity index (χ3n) is 5.08. The molecule has 2 aliphatic heterocycles. The minimum atomic E-state index is -0.199. The van der Waals surface area contributed by atoms with Crippen LogP contribution in [-0.2, 0) is 11.3 Å². The van der Waals surface area contributed by atoms with Gasteiger partial charge in [-0.25, -0.2) is 4.98 Å². The average Bonchev–Trinajstić information content (AvgIpc) is 3.19. The van der Waals surface area contributed by atoms with Crippen LogP contribution < -0.4 is 0 Å². The number of pyridine rings is 1. The van der Waals surface area contributed by atoms with Crippen LogP contribution in [0.5, 0.6) is 0 Å². The fraction of sp³-hybridized carbons (Fsp3) is 0.500. The van der Waals surface area contributed by atoms with Gasteiger partial charge in [0.25, 0.3) is 5.91 Å². The summed E-state index contributed by atoms with van der Waals surface area (Å²) in [5.74, 6) is 0.0294. The number of carbonyl (C=O) groups is 1. The highest BCUT2D eigenvalue weighted by Crippen LogP contribution is 2.31. The molecule has 2 aromatic heterocycles. The Hall–Kier alpha value is -1.83. The van der Waals surface area contributed by atoms with Gasteiger partial charge in [-0.2, -0.15) is 0 Å². The molecule has 7 heteroatoms. The highest BCUT2D eigenvalue weighted by molar-refractivity contribution is 7.07.